The van der Waals surface area contributed by atoms with Crippen LogP contribution in [-0.4, -0.2) is 34.7 Å². The van der Waals surface area contributed by atoms with Gasteiger partial charge in [-0.3, -0.25) is 19.4 Å². The summed E-state index contributed by atoms with van der Waals surface area (Å²) in [6, 6.07) is 14.2. The minimum Gasteiger partial charge on any atom is -0.495 e. The van der Waals surface area contributed by atoms with Crippen molar-refractivity contribution in [1.82, 2.24) is 0 Å². The first kappa shape index (κ1) is 20.9. The van der Waals surface area contributed by atoms with Gasteiger partial charge < -0.3 is 9.47 Å². The zero-order chi connectivity index (χ0) is 21.4. The van der Waals surface area contributed by atoms with Crippen molar-refractivity contribution in [3.8, 4) is 11.5 Å². The van der Waals surface area contributed by atoms with Crippen molar-refractivity contribution in [3.63, 3.8) is 0 Å². The highest BCUT2D eigenvalue weighted by Crippen LogP contribution is 2.46. The van der Waals surface area contributed by atoms with Crippen LogP contribution in [-0.2, 0) is 9.59 Å². The number of methoxy groups -OCH3 is 2. The zero-order valence-electron chi connectivity index (χ0n) is 15.8. The number of thioether (sulfide) groups is 2. The molecule has 2 fully saturated rings. The number of ether oxygens (including phenoxy) is 2. The number of hydrogen-bond donors (Lipinski definition) is 0. The van der Waals surface area contributed by atoms with Gasteiger partial charge in [-0.15, -0.1) is 0 Å². The second kappa shape index (κ2) is 8.38. The molecule has 0 bridgehead atoms. The first-order chi connectivity index (χ1) is 14.5. The number of anilines is 2. The molecule has 0 spiro atoms. The van der Waals surface area contributed by atoms with Crippen LogP contribution in [0.1, 0.15) is 0 Å². The Bertz CT molecular complexity index is 1040. The lowest BCUT2D eigenvalue weighted by molar-refractivity contribution is -0.115. The van der Waals surface area contributed by atoms with Crippen molar-refractivity contribution in [1.29, 1.82) is 0 Å². The van der Waals surface area contributed by atoms with E-state index in [4.69, 9.17) is 33.9 Å². The van der Waals surface area contributed by atoms with E-state index in [1.54, 1.807) is 48.5 Å². The summed E-state index contributed by atoms with van der Waals surface area (Å²) in [6.07, 6.45) is 0. The number of thiocarbonyl (C=S) groups is 2. The minimum absolute atomic E-state index is 0.251. The summed E-state index contributed by atoms with van der Waals surface area (Å²) in [5.41, 5.74) is 1.05. The smallest absolute Gasteiger partial charge is 0.272 e. The van der Waals surface area contributed by atoms with Gasteiger partial charge in [0.1, 0.15) is 11.5 Å². The standard InChI is InChI=1S/C20H14N2O4S4/c1-25-13-9-5-3-7-11(13)21-17(23)15(29-19(21)27)16-18(24)22(20(28)30-16)12-8-4-6-10-14(12)26-2/h3-10H,1-2H3/b16-15+. The molecule has 0 saturated carbocycles. The quantitative estimate of drug-likeness (QED) is 0.479. The highest BCUT2D eigenvalue weighted by Gasteiger charge is 2.44. The van der Waals surface area contributed by atoms with Gasteiger partial charge in [0.15, 0.2) is 8.64 Å². The van der Waals surface area contributed by atoms with E-state index in [0.717, 1.165) is 23.5 Å². The Morgan fingerprint density at radius 1 is 0.700 bits per heavy atom. The van der Waals surface area contributed by atoms with Gasteiger partial charge in [-0.1, -0.05) is 72.2 Å². The molecule has 0 atom stereocenters. The monoisotopic (exact) mass is 474 g/mol. The molecule has 0 aromatic heterocycles. The van der Waals surface area contributed by atoms with E-state index in [-0.39, 0.29) is 21.6 Å². The molecule has 0 N–H and O–H groups in total. The maximum absolute atomic E-state index is 13.2. The molecule has 2 aromatic carbocycles. The van der Waals surface area contributed by atoms with Gasteiger partial charge in [0, 0.05) is 0 Å². The van der Waals surface area contributed by atoms with Crippen molar-refractivity contribution >= 4 is 79.8 Å². The van der Waals surface area contributed by atoms with Crippen molar-refractivity contribution in [2.75, 3.05) is 24.0 Å². The summed E-state index contributed by atoms with van der Waals surface area (Å²) in [5, 5.41) is 0. The van der Waals surface area contributed by atoms with Gasteiger partial charge in [-0.05, 0) is 24.3 Å². The number of carbonyl (C=O) groups excluding carboxylic acids is 2. The maximum Gasteiger partial charge on any atom is 0.272 e. The molecule has 2 amide bonds. The van der Waals surface area contributed by atoms with Crippen LogP contribution in [0.5, 0.6) is 11.5 Å². The highest BCUT2D eigenvalue weighted by atomic mass is 32.2. The summed E-state index contributed by atoms with van der Waals surface area (Å²) in [6.45, 7) is 0. The molecule has 152 valence electrons. The van der Waals surface area contributed by atoms with Crippen molar-refractivity contribution in [3.05, 3.63) is 58.3 Å². The molecular weight excluding hydrogens is 460 g/mol. The number of amides is 2. The number of nitrogens with zero attached hydrogens (tertiary/aromatic N) is 2. The summed E-state index contributed by atoms with van der Waals surface area (Å²) in [7, 11) is 3.05. The average Bonchev–Trinajstić information content (AvgIpc) is 3.21. The Kier molecular flexibility index (Phi) is 5.83. The third-order valence-corrected chi connectivity index (χ3v) is 7.27. The highest BCUT2D eigenvalue weighted by molar-refractivity contribution is 8.30. The number of carbonyl (C=O) groups is 2. The lowest BCUT2D eigenvalue weighted by Gasteiger charge is -2.18. The fourth-order valence-corrected chi connectivity index (χ4v) is 5.78. The Hall–Kier alpha value is -2.40. The predicted molar refractivity (Wildman–Crippen MR) is 128 cm³/mol. The van der Waals surface area contributed by atoms with Crippen molar-refractivity contribution in [2.24, 2.45) is 0 Å². The minimum atomic E-state index is -0.380. The molecule has 0 radical (unpaired) electrons. The molecule has 2 aromatic rings. The third kappa shape index (κ3) is 3.39. The number of hydrogen-bond acceptors (Lipinski definition) is 8. The summed E-state index contributed by atoms with van der Waals surface area (Å²) < 4.78 is 11.4. The molecule has 0 aliphatic carbocycles. The summed E-state index contributed by atoms with van der Waals surface area (Å²) in [4.78, 5) is 29.7. The average molecular weight is 475 g/mol. The van der Waals surface area contributed by atoms with Gasteiger partial charge in [0.05, 0.1) is 35.4 Å². The number of para-hydroxylation sites is 4. The molecule has 6 nitrogen and oxygen atoms in total. The summed E-state index contributed by atoms with van der Waals surface area (Å²) >= 11 is 13.0. The molecule has 0 unspecified atom stereocenters. The van der Waals surface area contributed by atoms with Crippen LogP contribution in [0.2, 0.25) is 0 Å². The zero-order valence-corrected chi connectivity index (χ0v) is 19.0. The lowest BCUT2D eigenvalue weighted by Crippen LogP contribution is -2.30. The van der Waals surface area contributed by atoms with E-state index < -0.39 is 0 Å². The molecule has 10 heteroatoms. The van der Waals surface area contributed by atoms with Gasteiger partial charge in [0.2, 0.25) is 0 Å². The van der Waals surface area contributed by atoms with Crippen LogP contribution >= 0.6 is 48.0 Å². The van der Waals surface area contributed by atoms with E-state index in [1.807, 2.05) is 0 Å². The van der Waals surface area contributed by atoms with E-state index in [9.17, 15) is 9.59 Å². The van der Waals surface area contributed by atoms with Crippen LogP contribution in [0.4, 0.5) is 11.4 Å². The summed E-state index contributed by atoms with van der Waals surface area (Å²) in [5.74, 6) is 0.262. The lowest BCUT2D eigenvalue weighted by atomic mass is 10.2. The number of rotatable bonds is 4. The van der Waals surface area contributed by atoms with E-state index >= 15 is 0 Å². The molecule has 2 aliphatic rings. The topological polar surface area (TPSA) is 59.1 Å². The first-order valence-corrected chi connectivity index (χ1v) is 11.1. The Morgan fingerprint density at radius 2 is 1.07 bits per heavy atom. The van der Waals surface area contributed by atoms with Crippen LogP contribution in [0.15, 0.2) is 58.3 Å². The SMILES string of the molecule is COc1ccccc1N1C(=O)/C(=C2\SC(=S)N(c3ccccc3OC)C2=O)SC1=S. The fourth-order valence-electron chi connectivity index (χ4n) is 3.05. The van der Waals surface area contributed by atoms with Gasteiger partial charge in [-0.2, -0.15) is 0 Å². The van der Waals surface area contributed by atoms with Crippen LogP contribution < -0.4 is 19.3 Å². The number of benzene rings is 2. The van der Waals surface area contributed by atoms with Crippen LogP contribution in [0, 0.1) is 0 Å². The molecule has 2 saturated heterocycles. The Morgan fingerprint density at radius 3 is 1.43 bits per heavy atom. The second-order valence-electron chi connectivity index (χ2n) is 6.02. The first-order valence-electron chi connectivity index (χ1n) is 8.60. The fraction of sp³-hybridized carbons (Fsp3) is 0.100. The molecular formula is C20H14N2O4S4. The molecule has 2 aliphatic heterocycles. The van der Waals surface area contributed by atoms with E-state index in [1.165, 1.54) is 24.0 Å². The molecule has 30 heavy (non-hydrogen) atoms. The van der Waals surface area contributed by atoms with E-state index in [0.29, 0.717) is 31.5 Å². The van der Waals surface area contributed by atoms with Crippen LogP contribution in [0.3, 0.4) is 0 Å². The molecule has 2 heterocycles. The molecule has 4 rings (SSSR count). The maximum atomic E-state index is 13.2. The second-order valence-corrected chi connectivity index (χ2v) is 9.31. The van der Waals surface area contributed by atoms with E-state index in [2.05, 4.69) is 0 Å². The van der Waals surface area contributed by atoms with Crippen molar-refractivity contribution < 1.29 is 19.1 Å². The largest absolute Gasteiger partial charge is 0.495 e. The van der Waals surface area contributed by atoms with Gasteiger partial charge >= 0.3 is 0 Å². The third-order valence-electron chi connectivity index (χ3n) is 4.40. The Balaban J connectivity index is 1.74. The normalized spacial score (nSPS) is 19.1. The van der Waals surface area contributed by atoms with Gasteiger partial charge in [-0.25, -0.2) is 0 Å². The Labute approximate surface area is 192 Å². The van der Waals surface area contributed by atoms with Crippen LogP contribution in [0.25, 0.3) is 0 Å². The van der Waals surface area contributed by atoms with Gasteiger partial charge in [0.25, 0.3) is 11.8 Å². The van der Waals surface area contributed by atoms with Crippen molar-refractivity contribution in [2.45, 2.75) is 0 Å². The predicted octanol–water partition coefficient (Wildman–Crippen LogP) is 4.35.